The Hall–Kier alpha value is -0.570. The molecule has 0 aromatic carbocycles. The molecule has 0 amide bonds. The summed E-state index contributed by atoms with van der Waals surface area (Å²) < 4.78 is 0. The molecule has 0 saturated heterocycles. The first-order valence-electron chi connectivity index (χ1n) is 7.63. The minimum Gasteiger partial charge on any atom is -0.480 e. The lowest BCUT2D eigenvalue weighted by molar-refractivity contribution is -0.151. The first-order chi connectivity index (χ1) is 8.64. The van der Waals surface area contributed by atoms with E-state index in [0.717, 1.165) is 17.8 Å². The van der Waals surface area contributed by atoms with Crippen LogP contribution >= 0.6 is 0 Å². The summed E-state index contributed by atoms with van der Waals surface area (Å²) in [6, 6.07) is 0.234. The third-order valence-electron chi connectivity index (χ3n) is 5.92. The first-order valence-corrected chi connectivity index (χ1v) is 7.63. The number of hydrogen-bond acceptors (Lipinski definition) is 2. The molecule has 0 aromatic rings. The predicted octanol–water partition coefficient (Wildman–Crippen LogP) is 2.41. The highest BCUT2D eigenvalue weighted by molar-refractivity contribution is 5.75. The normalized spacial score (nSPS) is 47.2. The number of nitrogens with one attached hydrogen (secondary N) is 1. The molecule has 0 radical (unpaired) electrons. The minimum absolute atomic E-state index is 0.100. The van der Waals surface area contributed by atoms with Gasteiger partial charge in [0.05, 0.1) is 0 Å². The summed E-state index contributed by atoms with van der Waals surface area (Å²) in [5.74, 6) is 1.90. The first kappa shape index (κ1) is 11.3. The molecule has 1 unspecified atom stereocenters. The van der Waals surface area contributed by atoms with Gasteiger partial charge in [-0.1, -0.05) is 0 Å². The largest absolute Gasteiger partial charge is 0.480 e. The van der Waals surface area contributed by atoms with Crippen LogP contribution in [0.3, 0.4) is 0 Å². The van der Waals surface area contributed by atoms with Crippen LogP contribution < -0.4 is 5.32 Å². The van der Waals surface area contributed by atoms with Gasteiger partial charge in [0.1, 0.15) is 6.04 Å². The second-order valence-corrected chi connectivity index (χ2v) is 7.49. The molecule has 5 aliphatic carbocycles. The van der Waals surface area contributed by atoms with E-state index in [4.69, 9.17) is 0 Å². The van der Waals surface area contributed by atoms with Crippen LogP contribution in [-0.4, -0.2) is 23.2 Å². The molecular formula is C15H23NO2. The maximum absolute atomic E-state index is 11.7. The van der Waals surface area contributed by atoms with Crippen LogP contribution in [0.4, 0.5) is 0 Å². The Bertz CT molecular complexity index is 339. The molecule has 3 nitrogen and oxygen atoms in total. The second kappa shape index (κ2) is 3.72. The fourth-order valence-electron chi connectivity index (χ4n) is 5.53. The van der Waals surface area contributed by atoms with Crippen molar-refractivity contribution in [3.05, 3.63) is 0 Å². The molecule has 3 heteroatoms. The van der Waals surface area contributed by atoms with Crippen molar-refractivity contribution in [3.63, 3.8) is 0 Å². The molecule has 5 fully saturated rings. The fraction of sp³-hybridized carbons (Fsp3) is 0.933. The van der Waals surface area contributed by atoms with Gasteiger partial charge in [-0.25, -0.2) is 0 Å². The van der Waals surface area contributed by atoms with Gasteiger partial charge in [-0.15, -0.1) is 0 Å². The second-order valence-electron chi connectivity index (χ2n) is 7.49. The van der Waals surface area contributed by atoms with Crippen molar-refractivity contribution >= 4 is 5.97 Å². The average molecular weight is 249 g/mol. The van der Waals surface area contributed by atoms with Crippen molar-refractivity contribution in [2.75, 3.05) is 0 Å². The summed E-state index contributed by atoms with van der Waals surface area (Å²) in [4.78, 5) is 11.7. The van der Waals surface area contributed by atoms with Gasteiger partial charge >= 0.3 is 5.97 Å². The molecule has 5 rings (SSSR count). The number of carbonyl (C=O) groups is 1. The van der Waals surface area contributed by atoms with Crippen LogP contribution in [0.25, 0.3) is 0 Å². The maximum Gasteiger partial charge on any atom is 0.321 e. The van der Waals surface area contributed by atoms with E-state index in [0.29, 0.717) is 6.04 Å². The van der Waals surface area contributed by atoms with Gasteiger partial charge < -0.3 is 10.4 Å². The standard InChI is InChI=1S/C15H23NO2/c17-14(18)13(16-12-1-2-12)15-6-9-3-10(7-15)5-11(4-9)8-15/h9-13,16H,1-8H2,(H,17,18). The van der Waals surface area contributed by atoms with Gasteiger partial charge in [0.25, 0.3) is 0 Å². The minimum atomic E-state index is -0.594. The van der Waals surface area contributed by atoms with Crippen LogP contribution in [0.15, 0.2) is 0 Å². The van der Waals surface area contributed by atoms with Crippen molar-refractivity contribution in [1.29, 1.82) is 0 Å². The maximum atomic E-state index is 11.7. The quantitative estimate of drug-likeness (QED) is 0.804. The van der Waals surface area contributed by atoms with Gasteiger partial charge in [-0.2, -0.15) is 0 Å². The van der Waals surface area contributed by atoms with E-state index in [2.05, 4.69) is 5.32 Å². The monoisotopic (exact) mass is 249 g/mol. The molecule has 100 valence electrons. The Morgan fingerprint density at radius 3 is 1.94 bits per heavy atom. The number of carboxylic acid groups (broad SMARTS) is 1. The summed E-state index contributed by atoms with van der Waals surface area (Å²) >= 11 is 0. The Morgan fingerprint density at radius 2 is 1.56 bits per heavy atom. The number of hydrogen-bond donors (Lipinski definition) is 2. The van der Waals surface area contributed by atoms with Gasteiger partial charge in [0.15, 0.2) is 0 Å². The SMILES string of the molecule is O=C(O)C(NC1CC1)C12CC3CC(CC(C3)C1)C2. The zero-order chi connectivity index (χ0) is 12.3. The highest BCUT2D eigenvalue weighted by Crippen LogP contribution is 2.61. The highest BCUT2D eigenvalue weighted by atomic mass is 16.4. The number of carboxylic acids is 1. The zero-order valence-corrected chi connectivity index (χ0v) is 10.9. The summed E-state index contributed by atoms with van der Waals surface area (Å²) in [5.41, 5.74) is 0.100. The highest BCUT2D eigenvalue weighted by Gasteiger charge is 2.56. The van der Waals surface area contributed by atoms with Crippen LogP contribution in [0.2, 0.25) is 0 Å². The van der Waals surface area contributed by atoms with Gasteiger partial charge in [0, 0.05) is 6.04 Å². The van der Waals surface area contributed by atoms with Crippen molar-refractivity contribution in [2.45, 2.75) is 63.5 Å². The van der Waals surface area contributed by atoms with Gasteiger partial charge in [0.2, 0.25) is 0 Å². The Morgan fingerprint density at radius 1 is 1.06 bits per heavy atom. The van der Waals surface area contributed by atoms with Crippen LogP contribution in [0.1, 0.15) is 51.4 Å². The molecule has 0 heterocycles. The zero-order valence-electron chi connectivity index (χ0n) is 10.9. The Labute approximate surface area is 108 Å². The lowest BCUT2D eigenvalue weighted by atomic mass is 9.47. The van der Waals surface area contributed by atoms with E-state index in [-0.39, 0.29) is 11.5 Å². The molecule has 18 heavy (non-hydrogen) atoms. The summed E-state index contributed by atoms with van der Waals surface area (Å²) in [6.07, 6.45) is 10.0. The van der Waals surface area contributed by atoms with Crippen molar-refractivity contribution in [2.24, 2.45) is 23.2 Å². The number of rotatable bonds is 4. The third-order valence-corrected chi connectivity index (χ3v) is 5.92. The molecule has 0 aromatic heterocycles. The molecule has 0 aliphatic heterocycles. The van der Waals surface area contributed by atoms with Crippen LogP contribution in [0.5, 0.6) is 0 Å². The van der Waals surface area contributed by atoms with Crippen LogP contribution in [-0.2, 0) is 4.79 Å². The molecule has 5 saturated carbocycles. The molecule has 1 atom stereocenters. The lowest BCUT2D eigenvalue weighted by Crippen LogP contribution is -2.59. The van der Waals surface area contributed by atoms with Gasteiger partial charge in [-0.3, -0.25) is 4.79 Å². The van der Waals surface area contributed by atoms with Crippen molar-refractivity contribution in [1.82, 2.24) is 5.32 Å². The van der Waals surface area contributed by atoms with Crippen molar-refractivity contribution in [3.8, 4) is 0 Å². The van der Waals surface area contributed by atoms with Crippen molar-refractivity contribution < 1.29 is 9.90 Å². The van der Waals surface area contributed by atoms with E-state index < -0.39 is 5.97 Å². The summed E-state index contributed by atoms with van der Waals surface area (Å²) in [6.45, 7) is 0. The lowest BCUT2D eigenvalue weighted by Gasteiger charge is -2.58. The van der Waals surface area contributed by atoms with E-state index >= 15 is 0 Å². The Kier molecular flexibility index (Phi) is 2.33. The molecule has 0 spiro atoms. The summed E-state index contributed by atoms with van der Waals surface area (Å²) in [7, 11) is 0. The number of aliphatic carboxylic acids is 1. The average Bonchev–Trinajstić information content (AvgIpc) is 3.06. The molecule has 4 bridgehead atoms. The molecule has 2 N–H and O–H groups in total. The smallest absolute Gasteiger partial charge is 0.321 e. The fourth-order valence-corrected chi connectivity index (χ4v) is 5.53. The predicted molar refractivity (Wildman–Crippen MR) is 68.2 cm³/mol. The van der Waals surface area contributed by atoms with E-state index in [1.54, 1.807) is 0 Å². The summed E-state index contributed by atoms with van der Waals surface area (Å²) in [5, 5.41) is 13.1. The van der Waals surface area contributed by atoms with E-state index in [1.807, 2.05) is 0 Å². The van der Waals surface area contributed by atoms with Gasteiger partial charge in [-0.05, 0) is 74.5 Å². The Balaban J connectivity index is 1.62. The third kappa shape index (κ3) is 1.70. The van der Waals surface area contributed by atoms with E-state index in [1.165, 1.54) is 51.4 Å². The molecule has 5 aliphatic rings. The van der Waals surface area contributed by atoms with Crippen LogP contribution in [0, 0.1) is 23.2 Å². The molecular weight excluding hydrogens is 226 g/mol. The van der Waals surface area contributed by atoms with E-state index in [9.17, 15) is 9.90 Å². The topological polar surface area (TPSA) is 49.3 Å².